The Morgan fingerprint density at radius 1 is 0.606 bits per heavy atom. The maximum absolute atomic E-state index is 12.7. The van der Waals surface area contributed by atoms with Gasteiger partial charge < -0.3 is 16.0 Å². The molecular formula is C27H21N5O. The van der Waals surface area contributed by atoms with Crippen molar-refractivity contribution in [2.24, 2.45) is 0 Å². The van der Waals surface area contributed by atoms with Gasteiger partial charge in [0, 0.05) is 58.0 Å². The zero-order valence-corrected chi connectivity index (χ0v) is 17.7. The molecule has 0 saturated heterocycles. The van der Waals surface area contributed by atoms with Gasteiger partial charge in [0.25, 0.3) is 5.91 Å². The maximum atomic E-state index is 12.7. The first-order valence-corrected chi connectivity index (χ1v) is 10.5. The number of amides is 1. The lowest BCUT2D eigenvalue weighted by Gasteiger charge is -2.11. The van der Waals surface area contributed by atoms with Crippen molar-refractivity contribution in [3.63, 3.8) is 0 Å². The molecule has 1 amide bonds. The van der Waals surface area contributed by atoms with Crippen LogP contribution in [0.25, 0.3) is 10.9 Å². The van der Waals surface area contributed by atoms with Crippen LogP contribution in [-0.4, -0.2) is 15.9 Å². The average molecular weight is 431 g/mol. The van der Waals surface area contributed by atoms with Crippen molar-refractivity contribution < 1.29 is 4.79 Å². The normalized spacial score (nSPS) is 10.5. The van der Waals surface area contributed by atoms with Crippen molar-refractivity contribution in [1.82, 2.24) is 9.97 Å². The highest BCUT2D eigenvalue weighted by atomic mass is 16.1. The third-order valence-electron chi connectivity index (χ3n) is 5.19. The van der Waals surface area contributed by atoms with Gasteiger partial charge in [0.1, 0.15) is 0 Å². The topological polar surface area (TPSA) is 78.9 Å². The monoisotopic (exact) mass is 431 g/mol. The Kier molecular flexibility index (Phi) is 5.63. The van der Waals surface area contributed by atoms with E-state index < -0.39 is 0 Å². The Morgan fingerprint density at radius 2 is 1.24 bits per heavy atom. The van der Waals surface area contributed by atoms with E-state index in [1.807, 2.05) is 78.9 Å². The molecule has 2 heterocycles. The fourth-order valence-corrected chi connectivity index (χ4v) is 3.51. The van der Waals surface area contributed by atoms with Crippen LogP contribution in [0.3, 0.4) is 0 Å². The molecule has 0 saturated carbocycles. The smallest absolute Gasteiger partial charge is 0.255 e. The van der Waals surface area contributed by atoms with Crippen LogP contribution in [0.4, 0.5) is 28.4 Å². The molecular weight excluding hydrogens is 410 g/mol. The number of rotatable bonds is 6. The van der Waals surface area contributed by atoms with Crippen molar-refractivity contribution in [1.29, 1.82) is 0 Å². The van der Waals surface area contributed by atoms with Gasteiger partial charge >= 0.3 is 0 Å². The lowest BCUT2D eigenvalue weighted by Crippen LogP contribution is -2.11. The van der Waals surface area contributed by atoms with Crippen LogP contribution in [0.15, 0.2) is 110 Å². The number of benzene rings is 3. The van der Waals surface area contributed by atoms with Gasteiger partial charge in [0.15, 0.2) is 0 Å². The summed E-state index contributed by atoms with van der Waals surface area (Å²) in [6, 6.07) is 28.7. The van der Waals surface area contributed by atoms with E-state index in [9.17, 15) is 4.79 Å². The van der Waals surface area contributed by atoms with Crippen LogP contribution in [0.1, 0.15) is 10.4 Å². The Labute approximate surface area is 191 Å². The molecule has 3 N–H and O–H groups in total. The number of anilines is 5. The van der Waals surface area contributed by atoms with E-state index in [1.54, 1.807) is 30.7 Å². The van der Waals surface area contributed by atoms with E-state index in [4.69, 9.17) is 0 Å². The van der Waals surface area contributed by atoms with E-state index in [2.05, 4.69) is 25.9 Å². The largest absolute Gasteiger partial charge is 0.355 e. The summed E-state index contributed by atoms with van der Waals surface area (Å²) in [5.41, 5.74) is 5.99. The predicted octanol–water partition coefficient (Wildman–Crippen LogP) is 6.37. The number of pyridine rings is 2. The molecule has 33 heavy (non-hydrogen) atoms. The van der Waals surface area contributed by atoms with Gasteiger partial charge in [-0.25, -0.2) is 0 Å². The Balaban J connectivity index is 1.23. The number of carbonyl (C=O) groups excluding carboxylic acids is 1. The van der Waals surface area contributed by atoms with Crippen LogP contribution in [0.5, 0.6) is 0 Å². The minimum atomic E-state index is -0.161. The summed E-state index contributed by atoms with van der Waals surface area (Å²) in [7, 11) is 0. The van der Waals surface area contributed by atoms with Gasteiger partial charge in [-0.2, -0.15) is 0 Å². The van der Waals surface area contributed by atoms with E-state index in [-0.39, 0.29) is 5.91 Å². The molecule has 0 aliphatic rings. The minimum Gasteiger partial charge on any atom is -0.355 e. The van der Waals surface area contributed by atoms with E-state index in [1.165, 1.54) is 0 Å². The summed E-state index contributed by atoms with van der Waals surface area (Å²) in [4.78, 5) is 21.1. The highest BCUT2D eigenvalue weighted by Gasteiger charge is 2.07. The highest BCUT2D eigenvalue weighted by molar-refractivity contribution is 6.04. The molecule has 6 nitrogen and oxygen atoms in total. The number of hydrogen-bond acceptors (Lipinski definition) is 5. The van der Waals surface area contributed by atoms with Gasteiger partial charge in [-0.05, 0) is 72.8 Å². The molecule has 0 atom stereocenters. The third-order valence-corrected chi connectivity index (χ3v) is 5.19. The second kappa shape index (κ2) is 9.20. The summed E-state index contributed by atoms with van der Waals surface area (Å²) in [5.74, 6) is -0.161. The standard InChI is InChI=1S/C27H21N5O/c33-27(32-22-11-9-20(10-12-22)30-23-13-16-28-17-14-23)19-5-7-21(8-6-19)31-26-15-18-29-25-4-2-1-3-24(25)26/h1-18H,(H,28,30)(H,29,31)(H,32,33). The molecule has 0 spiro atoms. The summed E-state index contributed by atoms with van der Waals surface area (Å²) >= 11 is 0. The second-order valence-electron chi connectivity index (χ2n) is 7.47. The van der Waals surface area contributed by atoms with Crippen LogP contribution in [-0.2, 0) is 0 Å². The van der Waals surface area contributed by atoms with Gasteiger partial charge in [0.2, 0.25) is 0 Å². The second-order valence-corrected chi connectivity index (χ2v) is 7.47. The first kappa shape index (κ1) is 20.2. The van der Waals surface area contributed by atoms with Gasteiger partial charge in [0.05, 0.1) is 5.52 Å². The lowest BCUT2D eigenvalue weighted by atomic mass is 10.1. The third kappa shape index (κ3) is 4.80. The van der Waals surface area contributed by atoms with E-state index in [0.29, 0.717) is 5.56 Å². The first-order chi connectivity index (χ1) is 16.2. The first-order valence-electron chi connectivity index (χ1n) is 10.5. The molecule has 0 aliphatic carbocycles. The summed E-state index contributed by atoms with van der Waals surface area (Å²) < 4.78 is 0. The molecule has 0 radical (unpaired) electrons. The predicted molar refractivity (Wildman–Crippen MR) is 133 cm³/mol. The van der Waals surface area contributed by atoms with Gasteiger partial charge in [-0.15, -0.1) is 0 Å². The molecule has 2 aromatic heterocycles. The van der Waals surface area contributed by atoms with Crippen molar-refractivity contribution in [2.75, 3.05) is 16.0 Å². The molecule has 6 heteroatoms. The molecule has 0 fully saturated rings. The number of para-hydroxylation sites is 1. The van der Waals surface area contributed by atoms with Crippen LogP contribution in [0.2, 0.25) is 0 Å². The highest BCUT2D eigenvalue weighted by Crippen LogP contribution is 2.25. The lowest BCUT2D eigenvalue weighted by molar-refractivity contribution is 0.102. The van der Waals surface area contributed by atoms with Gasteiger partial charge in [-0.1, -0.05) is 18.2 Å². The van der Waals surface area contributed by atoms with Crippen LogP contribution >= 0.6 is 0 Å². The maximum Gasteiger partial charge on any atom is 0.255 e. The number of nitrogens with one attached hydrogen (secondary N) is 3. The van der Waals surface area contributed by atoms with Crippen molar-refractivity contribution in [2.45, 2.75) is 0 Å². The Morgan fingerprint density at radius 3 is 2.03 bits per heavy atom. The SMILES string of the molecule is O=C(Nc1ccc(Nc2ccncc2)cc1)c1ccc(Nc2ccnc3ccccc23)cc1. The van der Waals surface area contributed by atoms with Crippen LogP contribution < -0.4 is 16.0 Å². The number of hydrogen-bond donors (Lipinski definition) is 3. The average Bonchev–Trinajstić information content (AvgIpc) is 2.86. The quantitative estimate of drug-likeness (QED) is 0.291. The number of fused-ring (bicyclic) bond motifs is 1. The number of nitrogens with zero attached hydrogens (tertiary/aromatic N) is 2. The van der Waals surface area contributed by atoms with E-state index >= 15 is 0 Å². The van der Waals surface area contributed by atoms with E-state index in [0.717, 1.165) is 39.3 Å². The molecule has 0 aliphatic heterocycles. The van der Waals surface area contributed by atoms with Crippen molar-refractivity contribution in [3.05, 3.63) is 115 Å². The number of aromatic nitrogens is 2. The number of carbonyl (C=O) groups is 1. The molecule has 0 unspecified atom stereocenters. The molecule has 160 valence electrons. The zero-order chi connectivity index (χ0) is 22.5. The van der Waals surface area contributed by atoms with Gasteiger partial charge in [-0.3, -0.25) is 14.8 Å². The Bertz CT molecular complexity index is 1380. The molecule has 0 bridgehead atoms. The molecule has 3 aromatic carbocycles. The zero-order valence-electron chi connectivity index (χ0n) is 17.7. The summed E-state index contributed by atoms with van der Waals surface area (Å²) in [5, 5.41) is 10.7. The molecule has 5 rings (SSSR count). The van der Waals surface area contributed by atoms with Crippen molar-refractivity contribution in [3.8, 4) is 0 Å². The summed E-state index contributed by atoms with van der Waals surface area (Å²) in [6.07, 6.45) is 5.25. The fraction of sp³-hybridized carbons (Fsp3) is 0. The fourth-order valence-electron chi connectivity index (χ4n) is 3.51. The minimum absolute atomic E-state index is 0.161. The molecule has 5 aromatic rings. The van der Waals surface area contributed by atoms with Crippen molar-refractivity contribution >= 4 is 45.2 Å². The summed E-state index contributed by atoms with van der Waals surface area (Å²) in [6.45, 7) is 0. The van der Waals surface area contributed by atoms with Crippen LogP contribution in [0, 0.1) is 0 Å². The Hall–Kier alpha value is -4.71.